The Kier molecular flexibility index (Phi) is 6.37. The van der Waals surface area contributed by atoms with Crippen LogP contribution in [0.1, 0.15) is 28.4 Å². The molecule has 0 saturated carbocycles. The molecule has 0 aliphatic heterocycles. The minimum atomic E-state index is -0.463. The number of hydrogen-bond acceptors (Lipinski definition) is 4. The molecule has 29 heavy (non-hydrogen) atoms. The van der Waals surface area contributed by atoms with Gasteiger partial charge in [-0.15, -0.1) is 0 Å². The smallest absolute Gasteiger partial charge is 0.273 e. The summed E-state index contributed by atoms with van der Waals surface area (Å²) in [7, 11) is 0. The number of rotatable bonds is 6. The highest BCUT2D eigenvalue weighted by Crippen LogP contribution is 2.17. The summed E-state index contributed by atoms with van der Waals surface area (Å²) < 4.78 is 0. The summed E-state index contributed by atoms with van der Waals surface area (Å²) in [6.45, 7) is 1.68. The number of phenols is 1. The summed E-state index contributed by atoms with van der Waals surface area (Å²) in [4.78, 5) is 24.9. The number of carbonyl (C=O) groups is 2. The number of hydrogen-bond donors (Lipinski definition) is 3. The first kappa shape index (κ1) is 19.8. The number of para-hydroxylation sites is 2. The third-order valence-corrected chi connectivity index (χ3v) is 4.27. The number of phenolic OH excluding ortho intramolecular Hbond substituents is 1. The Morgan fingerprint density at radius 3 is 2.21 bits per heavy atom. The second kappa shape index (κ2) is 9.32. The van der Waals surface area contributed by atoms with E-state index in [2.05, 4.69) is 15.8 Å². The van der Waals surface area contributed by atoms with Crippen molar-refractivity contribution in [1.29, 1.82) is 0 Å². The molecule has 3 aromatic carbocycles. The standard InChI is InChI=1S/C23H21N3O3/c1-16(18-11-6-8-14-21(18)27)25-26-23(29)19-12-5-7-13-20(19)24-22(28)15-17-9-3-2-4-10-17/h2-14,27H,15H2,1H3,(H,24,28)(H,26,29)/b25-16+. The van der Waals surface area contributed by atoms with Gasteiger partial charge in [0.15, 0.2) is 0 Å². The van der Waals surface area contributed by atoms with Crippen LogP contribution in [-0.2, 0) is 11.2 Å². The van der Waals surface area contributed by atoms with Gasteiger partial charge in [-0.05, 0) is 36.8 Å². The normalized spacial score (nSPS) is 11.0. The van der Waals surface area contributed by atoms with E-state index in [1.54, 1.807) is 55.5 Å². The second-order valence-electron chi connectivity index (χ2n) is 6.41. The van der Waals surface area contributed by atoms with E-state index in [1.807, 2.05) is 30.3 Å². The van der Waals surface area contributed by atoms with E-state index in [0.29, 0.717) is 22.5 Å². The average Bonchev–Trinajstić information content (AvgIpc) is 2.73. The van der Waals surface area contributed by atoms with Crippen LogP contribution in [0.2, 0.25) is 0 Å². The van der Waals surface area contributed by atoms with Gasteiger partial charge in [0.1, 0.15) is 5.75 Å². The zero-order valence-electron chi connectivity index (χ0n) is 15.9. The molecule has 3 aromatic rings. The molecule has 3 rings (SSSR count). The lowest BCUT2D eigenvalue weighted by molar-refractivity contribution is -0.115. The number of anilines is 1. The van der Waals surface area contributed by atoms with Crippen LogP contribution in [0.5, 0.6) is 5.75 Å². The number of benzene rings is 3. The fourth-order valence-corrected chi connectivity index (χ4v) is 2.80. The Morgan fingerprint density at radius 2 is 1.48 bits per heavy atom. The number of hydrazone groups is 1. The number of nitrogens with zero attached hydrogens (tertiary/aromatic N) is 1. The molecule has 6 heteroatoms. The number of nitrogens with one attached hydrogen (secondary N) is 2. The van der Waals surface area contributed by atoms with Gasteiger partial charge in [0.2, 0.25) is 5.91 Å². The summed E-state index contributed by atoms with van der Waals surface area (Å²) in [5.74, 6) is -0.600. The molecule has 0 aliphatic carbocycles. The Hall–Kier alpha value is -3.93. The van der Waals surface area contributed by atoms with Crippen LogP contribution in [-0.4, -0.2) is 22.6 Å². The topological polar surface area (TPSA) is 90.8 Å². The highest BCUT2D eigenvalue weighted by molar-refractivity contribution is 6.06. The Morgan fingerprint density at radius 1 is 0.862 bits per heavy atom. The molecule has 0 fully saturated rings. The summed E-state index contributed by atoms with van der Waals surface area (Å²) in [5.41, 5.74) is 5.04. The monoisotopic (exact) mass is 387 g/mol. The van der Waals surface area contributed by atoms with E-state index in [0.717, 1.165) is 5.56 Å². The van der Waals surface area contributed by atoms with Crippen LogP contribution in [0.4, 0.5) is 5.69 Å². The molecular formula is C23H21N3O3. The van der Waals surface area contributed by atoms with E-state index in [9.17, 15) is 14.7 Å². The van der Waals surface area contributed by atoms with E-state index >= 15 is 0 Å². The fraction of sp³-hybridized carbons (Fsp3) is 0.0870. The second-order valence-corrected chi connectivity index (χ2v) is 6.41. The van der Waals surface area contributed by atoms with E-state index < -0.39 is 5.91 Å². The van der Waals surface area contributed by atoms with Crippen molar-refractivity contribution in [2.75, 3.05) is 5.32 Å². The third-order valence-electron chi connectivity index (χ3n) is 4.27. The molecule has 0 aromatic heterocycles. The summed E-state index contributed by atoms with van der Waals surface area (Å²) in [5, 5.41) is 16.7. The quantitative estimate of drug-likeness (QED) is 0.445. The maximum Gasteiger partial charge on any atom is 0.273 e. The summed E-state index contributed by atoms with van der Waals surface area (Å²) in [6.07, 6.45) is 0.210. The average molecular weight is 387 g/mol. The molecule has 3 N–H and O–H groups in total. The van der Waals surface area contributed by atoms with Crippen molar-refractivity contribution < 1.29 is 14.7 Å². The minimum Gasteiger partial charge on any atom is -0.507 e. The van der Waals surface area contributed by atoms with Gasteiger partial charge in [-0.1, -0.05) is 54.6 Å². The minimum absolute atomic E-state index is 0.0802. The zero-order valence-corrected chi connectivity index (χ0v) is 15.9. The zero-order chi connectivity index (χ0) is 20.6. The van der Waals surface area contributed by atoms with Gasteiger partial charge in [0.05, 0.1) is 23.4 Å². The molecule has 0 spiro atoms. The number of carbonyl (C=O) groups excluding carboxylic acids is 2. The van der Waals surface area contributed by atoms with Crippen LogP contribution < -0.4 is 10.7 Å². The summed E-state index contributed by atoms with van der Waals surface area (Å²) in [6, 6.07) is 22.8. The molecule has 0 radical (unpaired) electrons. The van der Waals surface area contributed by atoms with Crippen molar-refractivity contribution in [2.45, 2.75) is 13.3 Å². The molecule has 0 atom stereocenters. The molecule has 2 amide bonds. The molecule has 0 bridgehead atoms. The Labute approximate surface area is 168 Å². The molecule has 0 aliphatic rings. The van der Waals surface area contributed by atoms with E-state index in [4.69, 9.17) is 0 Å². The van der Waals surface area contributed by atoms with Crippen molar-refractivity contribution in [3.63, 3.8) is 0 Å². The lowest BCUT2D eigenvalue weighted by Crippen LogP contribution is -2.22. The van der Waals surface area contributed by atoms with Crippen LogP contribution >= 0.6 is 0 Å². The largest absolute Gasteiger partial charge is 0.507 e. The van der Waals surface area contributed by atoms with Crippen LogP contribution in [0.15, 0.2) is 84.0 Å². The van der Waals surface area contributed by atoms with Crippen LogP contribution in [0.25, 0.3) is 0 Å². The molecule has 6 nitrogen and oxygen atoms in total. The fourth-order valence-electron chi connectivity index (χ4n) is 2.80. The van der Waals surface area contributed by atoms with Gasteiger partial charge in [-0.3, -0.25) is 9.59 Å². The first-order valence-electron chi connectivity index (χ1n) is 9.10. The number of amides is 2. The molecule has 0 heterocycles. The van der Waals surface area contributed by atoms with Crippen molar-refractivity contribution in [2.24, 2.45) is 5.10 Å². The van der Waals surface area contributed by atoms with Gasteiger partial charge in [-0.2, -0.15) is 5.10 Å². The van der Waals surface area contributed by atoms with Crippen molar-refractivity contribution >= 4 is 23.2 Å². The molecule has 0 unspecified atom stereocenters. The maximum atomic E-state index is 12.6. The van der Waals surface area contributed by atoms with Gasteiger partial charge in [0.25, 0.3) is 5.91 Å². The maximum absolute atomic E-state index is 12.6. The van der Waals surface area contributed by atoms with Gasteiger partial charge in [-0.25, -0.2) is 5.43 Å². The van der Waals surface area contributed by atoms with Crippen molar-refractivity contribution in [1.82, 2.24) is 5.43 Å². The lowest BCUT2D eigenvalue weighted by atomic mass is 10.1. The summed E-state index contributed by atoms with van der Waals surface area (Å²) >= 11 is 0. The Balaban J connectivity index is 1.71. The van der Waals surface area contributed by atoms with Crippen molar-refractivity contribution in [3.05, 3.63) is 95.6 Å². The predicted molar refractivity (Wildman–Crippen MR) is 113 cm³/mol. The highest BCUT2D eigenvalue weighted by atomic mass is 16.3. The Bertz CT molecular complexity index is 1050. The molecular weight excluding hydrogens is 366 g/mol. The van der Waals surface area contributed by atoms with Crippen LogP contribution in [0.3, 0.4) is 0 Å². The first-order valence-corrected chi connectivity index (χ1v) is 9.10. The van der Waals surface area contributed by atoms with Gasteiger partial charge < -0.3 is 10.4 Å². The first-order chi connectivity index (χ1) is 14.0. The highest BCUT2D eigenvalue weighted by Gasteiger charge is 2.13. The van der Waals surface area contributed by atoms with Gasteiger partial charge in [0, 0.05) is 5.56 Å². The lowest BCUT2D eigenvalue weighted by Gasteiger charge is -2.10. The van der Waals surface area contributed by atoms with Crippen molar-refractivity contribution in [3.8, 4) is 5.75 Å². The van der Waals surface area contributed by atoms with Gasteiger partial charge >= 0.3 is 0 Å². The van der Waals surface area contributed by atoms with Crippen LogP contribution in [0, 0.1) is 0 Å². The van der Waals surface area contributed by atoms with E-state index in [-0.39, 0.29) is 18.1 Å². The predicted octanol–water partition coefficient (Wildman–Crippen LogP) is 3.73. The third kappa shape index (κ3) is 5.29. The van der Waals surface area contributed by atoms with E-state index in [1.165, 1.54) is 0 Å². The number of aromatic hydroxyl groups is 1. The molecule has 0 saturated heterocycles. The SMILES string of the molecule is C/C(=N\NC(=O)c1ccccc1NC(=O)Cc1ccccc1)c1ccccc1O. The molecule has 146 valence electrons.